The van der Waals surface area contributed by atoms with Gasteiger partial charge in [-0.05, 0) is 100 Å². The molecule has 1 aliphatic rings. The fourth-order valence-electron chi connectivity index (χ4n) is 9.01. The lowest BCUT2D eigenvalue weighted by atomic mass is 9.96. The van der Waals surface area contributed by atoms with E-state index in [2.05, 4.69) is 26.6 Å². The van der Waals surface area contributed by atoms with Crippen LogP contribution in [0.25, 0.3) is 0 Å². The van der Waals surface area contributed by atoms with Crippen molar-refractivity contribution < 1.29 is 83.4 Å². The van der Waals surface area contributed by atoms with Gasteiger partial charge in [0.1, 0.15) is 42.0 Å². The Morgan fingerprint density at radius 3 is 1.59 bits per heavy atom. The molecular formula is C52H85N11O17. The molecule has 1 aliphatic heterocycles. The minimum absolute atomic E-state index is 0.0316. The van der Waals surface area contributed by atoms with Gasteiger partial charge in [-0.15, -0.1) is 0 Å². The molecule has 1 aromatic rings. The Kier molecular flexibility index (Phi) is 31.3. The maximum Gasteiger partial charge on any atom is 0.326 e. The van der Waals surface area contributed by atoms with E-state index in [1.54, 1.807) is 27.7 Å². The van der Waals surface area contributed by atoms with E-state index < -0.39 is 140 Å². The Balaban J connectivity index is 2.41. The number of nitrogens with two attached hydrogens (primary N) is 2. The quantitative estimate of drug-likeness (QED) is 0.0316. The number of likely N-dealkylation sites (tertiary alicyclic amines) is 1. The van der Waals surface area contributed by atoms with Crippen molar-refractivity contribution in [3.63, 3.8) is 0 Å². The molecule has 450 valence electrons. The smallest absolute Gasteiger partial charge is 0.326 e. The third-order valence-corrected chi connectivity index (χ3v) is 13.4. The highest BCUT2D eigenvalue weighted by Crippen LogP contribution is 2.22. The summed E-state index contributed by atoms with van der Waals surface area (Å²) in [6.07, 6.45) is 2.58. The summed E-state index contributed by atoms with van der Waals surface area (Å²) < 4.78 is 0. The molecule has 15 N–H and O–H groups in total. The lowest BCUT2D eigenvalue weighted by Gasteiger charge is -2.31. The molecule has 1 heterocycles. The van der Waals surface area contributed by atoms with E-state index in [0.29, 0.717) is 44.1 Å². The summed E-state index contributed by atoms with van der Waals surface area (Å²) in [5.74, 6) is -11.6. The molecular weight excluding hydrogens is 1050 g/mol. The fraction of sp³-hybridized carbons (Fsp3) is 0.673. The van der Waals surface area contributed by atoms with Gasteiger partial charge in [-0.3, -0.25) is 62.6 Å². The molecule has 1 saturated heterocycles. The first-order chi connectivity index (χ1) is 37.8. The Morgan fingerprint density at radius 1 is 0.600 bits per heavy atom. The number of aliphatic carboxylic acids is 5. The van der Waals surface area contributed by atoms with Crippen molar-refractivity contribution in [2.24, 2.45) is 23.3 Å². The van der Waals surface area contributed by atoms with Crippen LogP contribution < -0.4 is 38.1 Å². The van der Waals surface area contributed by atoms with Crippen LogP contribution in [0.1, 0.15) is 97.5 Å². The second-order valence-corrected chi connectivity index (χ2v) is 20.5. The van der Waals surface area contributed by atoms with E-state index in [9.17, 15) is 83.4 Å². The van der Waals surface area contributed by atoms with E-state index in [-0.39, 0.29) is 89.6 Å². The van der Waals surface area contributed by atoms with Gasteiger partial charge in [0, 0.05) is 39.1 Å². The van der Waals surface area contributed by atoms with Crippen LogP contribution in [-0.2, 0) is 59.2 Å². The number of aromatic hydroxyl groups is 1. The Labute approximate surface area is 465 Å². The summed E-state index contributed by atoms with van der Waals surface area (Å²) in [5.41, 5.74) is 12.0. The zero-order chi connectivity index (χ0) is 60.1. The number of phenolic OH excluding ortho intramolecular Hbond substituents is 1. The van der Waals surface area contributed by atoms with Gasteiger partial charge in [-0.2, -0.15) is 0 Å². The van der Waals surface area contributed by atoms with Gasteiger partial charge < -0.3 is 73.6 Å². The van der Waals surface area contributed by atoms with Crippen molar-refractivity contribution in [2.45, 2.75) is 135 Å². The number of nitrogens with zero attached hydrogens (tertiary/aromatic N) is 4. The number of hydrogen-bond donors (Lipinski definition) is 13. The molecule has 28 heteroatoms. The largest absolute Gasteiger partial charge is 0.508 e. The van der Waals surface area contributed by atoms with Gasteiger partial charge in [0.15, 0.2) is 0 Å². The lowest BCUT2D eigenvalue weighted by molar-refractivity contribution is -0.143. The Bertz CT molecular complexity index is 2210. The number of nitrogens with one attached hydrogen (secondary N) is 5. The molecule has 0 bridgehead atoms. The fourth-order valence-corrected chi connectivity index (χ4v) is 9.01. The summed E-state index contributed by atoms with van der Waals surface area (Å²) in [6.45, 7) is 3.82. The number of carboxylic acids is 5. The Hall–Kier alpha value is -7.01. The second-order valence-electron chi connectivity index (χ2n) is 20.5. The highest BCUT2D eigenvalue weighted by Gasteiger charge is 2.40. The molecule has 0 aromatic heterocycles. The minimum atomic E-state index is -1.35. The van der Waals surface area contributed by atoms with Gasteiger partial charge in [0.05, 0.1) is 32.7 Å². The maximum absolute atomic E-state index is 14.6. The van der Waals surface area contributed by atoms with Crippen LogP contribution >= 0.6 is 0 Å². The molecule has 0 unspecified atom stereocenters. The van der Waals surface area contributed by atoms with Gasteiger partial charge in [-0.25, -0.2) is 4.79 Å². The monoisotopic (exact) mass is 1140 g/mol. The summed E-state index contributed by atoms with van der Waals surface area (Å²) >= 11 is 0. The van der Waals surface area contributed by atoms with Gasteiger partial charge in [0.25, 0.3) is 0 Å². The normalized spacial score (nSPS) is 15.6. The number of rotatable bonds is 41. The van der Waals surface area contributed by atoms with E-state index in [0.717, 1.165) is 4.90 Å². The van der Waals surface area contributed by atoms with Gasteiger partial charge in [0.2, 0.25) is 35.4 Å². The molecule has 6 amide bonds. The highest BCUT2D eigenvalue weighted by atomic mass is 16.4. The molecule has 1 fully saturated rings. The predicted octanol–water partition coefficient (Wildman–Crippen LogP) is -1.97. The zero-order valence-electron chi connectivity index (χ0n) is 46.3. The van der Waals surface area contributed by atoms with Crippen molar-refractivity contribution in [2.75, 3.05) is 78.5 Å². The van der Waals surface area contributed by atoms with Gasteiger partial charge >= 0.3 is 29.8 Å². The van der Waals surface area contributed by atoms with Crippen LogP contribution in [0.5, 0.6) is 5.75 Å². The summed E-state index contributed by atoms with van der Waals surface area (Å²) in [5, 5.41) is 70.9. The SMILES string of the molecule is CC[C@H](C)[C@H](NC(=O)[C@H](Cc1ccc(O)cc1)NC(=O)[C@@H]1CCCN1C(=O)[C@H](CCCCN)NC(=O)[C@H](CCCCN)NC(=O)CN(CCN(CCN(CC(=O)O)CC(=O)O)CC(=O)O)CC(=O)O)C(=O)N[C@@H](CC(C)C)C(=O)O. The van der Waals surface area contributed by atoms with Crippen LogP contribution in [0.15, 0.2) is 24.3 Å². The first kappa shape index (κ1) is 69.1. The van der Waals surface area contributed by atoms with E-state index in [4.69, 9.17) is 11.5 Å². The van der Waals surface area contributed by atoms with Crippen molar-refractivity contribution in [3.05, 3.63) is 29.8 Å². The van der Waals surface area contributed by atoms with Crippen LogP contribution in [-0.4, -0.2) is 230 Å². The lowest BCUT2D eigenvalue weighted by Crippen LogP contribution is -2.60. The van der Waals surface area contributed by atoms with Crippen molar-refractivity contribution in [3.8, 4) is 5.75 Å². The number of amides is 6. The number of benzene rings is 1. The number of unbranched alkanes of at least 4 members (excludes halogenated alkanes) is 2. The third kappa shape index (κ3) is 26.3. The number of carboxylic acid groups (broad SMARTS) is 5. The van der Waals surface area contributed by atoms with E-state index in [1.807, 2.05) is 0 Å². The van der Waals surface area contributed by atoms with Crippen molar-refractivity contribution in [1.82, 2.24) is 46.2 Å². The standard InChI is InChI=1S/C52H85N11O17/c1-5-33(4)46(50(77)58-39(52(79)80)25-32(2)3)59-48(75)38(26-34-14-16-35(64)17-15-34)57-49(76)40-13-10-20-63(40)51(78)37(12-7-9-19-54)56-47(74)36(11-6-8-18-53)55-41(65)27-61(29-43(68)69)23-21-60(28-42(66)67)22-24-62(30-44(70)71)31-45(72)73/h14-17,32-33,36-40,46,64H,5-13,18-31,53-54H2,1-4H3,(H,55,65)(H,56,74)(H,57,76)(H,58,77)(H,59,75)(H,66,67)(H,68,69)(H,70,71)(H,72,73)(H,79,80)/t33-,36-,37-,38-,39-,40-,46-/m0/s1. The topological polar surface area (TPSA) is 434 Å². The molecule has 1 aromatic carbocycles. The van der Waals surface area contributed by atoms with E-state index in [1.165, 1.54) is 39.0 Å². The maximum atomic E-state index is 14.6. The van der Waals surface area contributed by atoms with Crippen LogP contribution in [0.3, 0.4) is 0 Å². The van der Waals surface area contributed by atoms with Crippen LogP contribution in [0.4, 0.5) is 0 Å². The summed E-state index contributed by atoms with van der Waals surface area (Å²) in [7, 11) is 0. The predicted molar refractivity (Wildman–Crippen MR) is 288 cm³/mol. The first-order valence-corrected chi connectivity index (χ1v) is 27.0. The van der Waals surface area contributed by atoms with E-state index >= 15 is 0 Å². The van der Waals surface area contributed by atoms with Crippen LogP contribution in [0, 0.1) is 11.8 Å². The molecule has 0 radical (unpaired) electrons. The van der Waals surface area contributed by atoms with Gasteiger partial charge in [-0.1, -0.05) is 46.2 Å². The molecule has 0 spiro atoms. The summed E-state index contributed by atoms with van der Waals surface area (Å²) in [6, 6.07) is -1.63. The average Bonchev–Trinajstić information content (AvgIpc) is 3.87. The molecule has 0 aliphatic carbocycles. The van der Waals surface area contributed by atoms with Crippen LogP contribution in [0.2, 0.25) is 0 Å². The molecule has 2 rings (SSSR count). The van der Waals surface area contributed by atoms with Crippen molar-refractivity contribution in [1.29, 1.82) is 0 Å². The number of carbonyl (C=O) groups excluding carboxylic acids is 6. The molecule has 28 nitrogen and oxygen atoms in total. The first-order valence-electron chi connectivity index (χ1n) is 27.0. The number of carbonyl (C=O) groups is 11. The number of hydrogen-bond acceptors (Lipinski definition) is 17. The molecule has 0 saturated carbocycles. The highest BCUT2D eigenvalue weighted by molar-refractivity contribution is 5.97. The van der Waals surface area contributed by atoms with Crippen molar-refractivity contribution >= 4 is 65.3 Å². The molecule has 7 atom stereocenters. The average molecular weight is 1140 g/mol. The number of phenols is 1. The third-order valence-electron chi connectivity index (χ3n) is 13.4. The minimum Gasteiger partial charge on any atom is -0.508 e. The zero-order valence-corrected chi connectivity index (χ0v) is 46.3. The summed E-state index contributed by atoms with van der Waals surface area (Å²) in [4.78, 5) is 148. The molecule has 80 heavy (non-hydrogen) atoms. The Morgan fingerprint density at radius 2 is 1.09 bits per heavy atom. The second kappa shape index (κ2) is 36.3.